The molecule has 0 heterocycles. The molecule has 1 rings (SSSR count). The molecule has 1 aromatic rings. The van der Waals surface area contributed by atoms with E-state index in [0.717, 1.165) is 0 Å². The Morgan fingerprint density at radius 1 is 1.30 bits per heavy atom. The maximum atomic E-state index is 11.9. The number of carbonyl (C=O) groups is 1. The van der Waals surface area contributed by atoms with E-state index in [9.17, 15) is 18.3 Å². The van der Waals surface area contributed by atoms with E-state index >= 15 is 0 Å². The molecule has 0 bridgehead atoms. The highest BCUT2D eigenvalue weighted by atomic mass is 32.2. The summed E-state index contributed by atoms with van der Waals surface area (Å²) in [6.07, 6.45) is 0. The van der Waals surface area contributed by atoms with Crippen LogP contribution in [0.25, 0.3) is 0 Å². The molecule has 1 unspecified atom stereocenters. The monoisotopic (exact) mass is 300 g/mol. The molecule has 112 valence electrons. The van der Waals surface area contributed by atoms with Crippen LogP contribution < -0.4 is 9.44 Å². The molecule has 0 saturated carbocycles. The second-order valence-electron chi connectivity index (χ2n) is 5.14. The third-order valence-electron chi connectivity index (χ3n) is 2.80. The van der Waals surface area contributed by atoms with Crippen molar-refractivity contribution in [1.82, 2.24) is 9.44 Å². The van der Waals surface area contributed by atoms with Gasteiger partial charge in [0.25, 0.3) is 10.2 Å². The van der Waals surface area contributed by atoms with Crippen LogP contribution in [0.1, 0.15) is 26.3 Å². The van der Waals surface area contributed by atoms with E-state index in [0.29, 0.717) is 5.56 Å². The number of rotatable bonds is 7. The summed E-state index contributed by atoms with van der Waals surface area (Å²) in [4.78, 5) is 11.5. The van der Waals surface area contributed by atoms with E-state index in [1.165, 1.54) is 6.92 Å². The molecule has 0 aliphatic heterocycles. The molecular weight excluding hydrogens is 280 g/mol. The minimum Gasteiger partial charge on any atom is -0.480 e. The topological polar surface area (TPSA) is 95.5 Å². The smallest absolute Gasteiger partial charge is 0.329 e. The van der Waals surface area contributed by atoms with E-state index in [4.69, 9.17) is 0 Å². The van der Waals surface area contributed by atoms with Crippen LogP contribution in [0.3, 0.4) is 0 Å². The summed E-state index contributed by atoms with van der Waals surface area (Å²) >= 11 is 0. The quantitative estimate of drug-likeness (QED) is 0.702. The van der Waals surface area contributed by atoms with Crippen molar-refractivity contribution < 1.29 is 18.3 Å². The van der Waals surface area contributed by atoms with E-state index in [2.05, 4.69) is 9.44 Å². The van der Waals surface area contributed by atoms with Gasteiger partial charge in [-0.15, -0.1) is 0 Å². The standard InChI is InChI=1S/C13H20N2O4S/c1-10(2)9-14-20(18,19)15-13(3,12(16)17)11-7-5-4-6-8-11/h4-8,10,14-15H,9H2,1-3H3,(H,16,17). The predicted molar refractivity (Wildman–Crippen MR) is 76.3 cm³/mol. The van der Waals surface area contributed by atoms with Gasteiger partial charge in [0, 0.05) is 6.54 Å². The molecule has 0 aliphatic rings. The SMILES string of the molecule is CC(C)CNS(=O)(=O)NC(C)(C(=O)O)c1ccccc1. The Kier molecular flexibility index (Phi) is 5.27. The van der Waals surface area contributed by atoms with Crippen LogP contribution in [-0.4, -0.2) is 26.0 Å². The largest absolute Gasteiger partial charge is 0.480 e. The molecule has 0 amide bonds. The van der Waals surface area contributed by atoms with Crippen LogP contribution in [0.4, 0.5) is 0 Å². The average molecular weight is 300 g/mol. The van der Waals surface area contributed by atoms with Gasteiger partial charge in [-0.1, -0.05) is 44.2 Å². The second-order valence-corrected chi connectivity index (χ2v) is 6.64. The van der Waals surface area contributed by atoms with Gasteiger partial charge in [-0.05, 0) is 18.4 Å². The number of hydrogen-bond acceptors (Lipinski definition) is 3. The number of nitrogens with one attached hydrogen (secondary N) is 2. The Balaban J connectivity index is 3.02. The zero-order valence-electron chi connectivity index (χ0n) is 11.8. The fourth-order valence-corrected chi connectivity index (χ4v) is 2.95. The fraction of sp³-hybridized carbons (Fsp3) is 0.462. The molecular formula is C13H20N2O4S. The molecule has 6 nitrogen and oxygen atoms in total. The lowest BCUT2D eigenvalue weighted by molar-refractivity contribution is -0.143. The first-order valence-corrected chi connectivity index (χ1v) is 7.73. The second kappa shape index (κ2) is 6.34. The Bertz CT molecular complexity index is 557. The van der Waals surface area contributed by atoms with Crippen LogP contribution in [0, 0.1) is 5.92 Å². The summed E-state index contributed by atoms with van der Waals surface area (Å²) < 4.78 is 28.4. The Morgan fingerprint density at radius 3 is 2.30 bits per heavy atom. The molecule has 1 atom stereocenters. The first-order valence-electron chi connectivity index (χ1n) is 6.25. The Morgan fingerprint density at radius 2 is 1.85 bits per heavy atom. The van der Waals surface area contributed by atoms with Gasteiger partial charge in [0.05, 0.1) is 0 Å². The van der Waals surface area contributed by atoms with Crippen molar-refractivity contribution >= 4 is 16.2 Å². The van der Waals surface area contributed by atoms with Gasteiger partial charge in [0.15, 0.2) is 5.54 Å². The van der Waals surface area contributed by atoms with E-state index in [1.54, 1.807) is 30.3 Å². The van der Waals surface area contributed by atoms with Gasteiger partial charge in [0.1, 0.15) is 0 Å². The summed E-state index contributed by atoms with van der Waals surface area (Å²) in [7, 11) is -3.91. The molecule has 0 spiro atoms. The zero-order valence-corrected chi connectivity index (χ0v) is 12.6. The van der Waals surface area contributed by atoms with Crippen molar-refractivity contribution in [3.05, 3.63) is 35.9 Å². The number of carboxylic acid groups (broad SMARTS) is 1. The molecule has 20 heavy (non-hydrogen) atoms. The average Bonchev–Trinajstić information content (AvgIpc) is 2.37. The highest BCUT2D eigenvalue weighted by molar-refractivity contribution is 7.87. The highest BCUT2D eigenvalue weighted by Gasteiger charge is 2.39. The van der Waals surface area contributed by atoms with Crippen LogP contribution in [0.15, 0.2) is 30.3 Å². The Labute approximate surface area is 119 Å². The summed E-state index contributed by atoms with van der Waals surface area (Å²) in [5.41, 5.74) is -1.35. The third kappa shape index (κ3) is 4.29. The van der Waals surface area contributed by atoms with Crippen molar-refractivity contribution in [3.63, 3.8) is 0 Å². The van der Waals surface area contributed by atoms with Crippen LogP contribution in [0.5, 0.6) is 0 Å². The molecule has 0 saturated heterocycles. The number of benzene rings is 1. The van der Waals surface area contributed by atoms with Gasteiger partial charge in [-0.3, -0.25) is 0 Å². The van der Waals surface area contributed by atoms with E-state index in [1.807, 2.05) is 13.8 Å². The van der Waals surface area contributed by atoms with Crippen molar-refractivity contribution in [2.24, 2.45) is 5.92 Å². The van der Waals surface area contributed by atoms with E-state index in [-0.39, 0.29) is 12.5 Å². The fourth-order valence-electron chi connectivity index (χ4n) is 1.58. The molecule has 0 fully saturated rings. The van der Waals surface area contributed by atoms with Crippen molar-refractivity contribution in [2.75, 3.05) is 6.54 Å². The molecule has 0 radical (unpaired) electrons. The lowest BCUT2D eigenvalue weighted by atomic mass is 9.94. The molecule has 1 aromatic carbocycles. The summed E-state index contributed by atoms with van der Waals surface area (Å²) in [6, 6.07) is 8.19. The lowest BCUT2D eigenvalue weighted by Crippen LogP contribution is -2.53. The molecule has 0 aromatic heterocycles. The maximum Gasteiger partial charge on any atom is 0.329 e. The number of hydrogen-bond donors (Lipinski definition) is 3. The minimum atomic E-state index is -3.91. The van der Waals surface area contributed by atoms with Gasteiger partial charge in [-0.25, -0.2) is 9.52 Å². The van der Waals surface area contributed by atoms with Crippen LogP contribution in [-0.2, 0) is 20.5 Å². The Hall–Kier alpha value is -1.44. The lowest BCUT2D eigenvalue weighted by Gasteiger charge is -2.26. The number of aliphatic carboxylic acids is 1. The molecule has 0 aliphatic carbocycles. The molecule has 3 N–H and O–H groups in total. The highest BCUT2D eigenvalue weighted by Crippen LogP contribution is 2.21. The zero-order chi connectivity index (χ0) is 15.4. The first-order chi connectivity index (χ1) is 9.17. The van der Waals surface area contributed by atoms with Crippen molar-refractivity contribution in [2.45, 2.75) is 26.3 Å². The summed E-state index contributed by atoms with van der Waals surface area (Å²) in [5.74, 6) is -1.14. The maximum absolute atomic E-state index is 11.9. The van der Waals surface area contributed by atoms with Gasteiger partial charge in [0.2, 0.25) is 0 Å². The predicted octanol–water partition coefficient (Wildman–Crippen LogP) is 1.07. The number of carboxylic acids is 1. The third-order valence-corrected chi connectivity index (χ3v) is 4.02. The minimum absolute atomic E-state index is 0.124. The van der Waals surface area contributed by atoms with Gasteiger partial charge in [-0.2, -0.15) is 13.1 Å². The molecule has 7 heteroatoms. The normalized spacial score (nSPS) is 15.0. The van der Waals surface area contributed by atoms with Crippen molar-refractivity contribution in [3.8, 4) is 0 Å². The van der Waals surface area contributed by atoms with Gasteiger partial charge < -0.3 is 5.11 Å². The summed E-state index contributed by atoms with van der Waals surface area (Å²) in [5, 5.41) is 9.37. The summed E-state index contributed by atoms with van der Waals surface area (Å²) in [6.45, 7) is 5.27. The van der Waals surface area contributed by atoms with Crippen molar-refractivity contribution in [1.29, 1.82) is 0 Å². The van der Waals surface area contributed by atoms with Crippen LogP contribution >= 0.6 is 0 Å². The van der Waals surface area contributed by atoms with Gasteiger partial charge >= 0.3 is 5.97 Å². The van der Waals surface area contributed by atoms with Crippen LogP contribution in [0.2, 0.25) is 0 Å². The first kappa shape index (κ1) is 16.6. The van der Waals surface area contributed by atoms with E-state index < -0.39 is 21.7 Å².